The van der Waals surface area contributed by atoms with Crippen molar-refractivity contribution in [2.45, 2.75) is 121 Å². The van der Waals surface area contributed by atoms with Crippen LogP contribution >= 0.6 is 11.6 Å². The first kappa shape index (κ1) is 46.7. The SMILES string of the molecule is CCCCCCCCCCCCS(=O)(=O)c1ccc(NC(=O)C(OC(=O)N(c2ccc(C=C(C#N)c3nc4ccccc4o3)c(C)c2)C2CCCC2)C(=O)c2ccccc2)c(Cl)c1. The number of halogens is 1. The summed E-state index contributed by atoms with van der Waals surface area (Å²) in [6.45, 7) is 4.05. The number of nitrogens with one attached hydrogen (secondary N) is 1. The summed E-state index contributed by atoms with van der Waals surface area (Å²) in [7, 11) is -3.64. The van der Waals surface area contributed by atoms with Gasteiger partial charge in [-0.15, -0.1) is 0 Å². The Labute approximate surface area is 375 Å². The van der Waals surface area contributed by atoms with Crippen LogP contribution in [0.25, 0.3) is 22.7 Å². The molecule has 1 unspecified atom stereocenters. The zero-order chi connectivity index (χ0) is 44.8. The normalized spacial score (nSPS) is 13.7. The van der Waals surface area contributed by atoms with E-state index in [4.69, 9.17) is 20.8 Å². The third kappa shape index (κ3) is 12.5. The van der Waals surface area contributed by atoms with Crippen LogP contribution in [0.4, 0.5) is 16.2 Å². The quantitative estimate of drug-likeness (QED) is 0.0327. The van der Waals surface area contributed by atoms with Crippen molar-refractivity contribution in [3.05, 3.63) is 119 Å². The third-order valence-electron chi connectivity index (χ3n) is 11.4. The molecule has 0 saturated heterocycles. The molecule has 63 heavy (non-hydrogen) atoms. The molecule has 2 amide bonds. The molecule has 1 N–H and O–H groups in total. The molecule has 0 spiro atoms. The van der Waals surface area contributed by atoms with Crippen molar-refractivity contribution >= 4 is 73.3 Å². The summed E-state index contributed by atoms with van der Waals surface area (Å²) in [5.74, 6) is -1.54. The standard InChI is InChI=1S/C50H55ClN4O7S/c1-3-4-5-6-7-8-9-10-11-19-30-63(59,60)41-28-29-43(42(51)33-41)53-48(57)47(46(56)36-20-13-12-14-21-36)62-50(58)55(39-22-15-16-23-39)40-27-26-37(35(2)31-40)32-38(34-52)49-54-44-24-17-18-25-45(44)61-49/h12-14,17-18,20-21,24-29,31-33,39,47H,3-11,15-16,19,22-23,30H2,1-2H3,(H,53,57). The maximum atomic E-state index is 14.4. The van der Waals surface area contributed by atoms with E-state index < -0.39 is 33.7 Å². The summed E-state index contributed by atoms with van der Waals surface area (Å²) in [5, 5.41) is 12.6. The van der Waals surface area contributed by atoms with Crippen LogP contribution in [0.3, 0.4) is 0 Å². The number of para-hydroxylation sites is 2. The summed E-state index contributed by atoms with van der Waals surface area (Å²) in [4.78, 5) is 48.4. The molecule has 5 aromatic rings. The molecule has 1 heterocycles. The Bertz CT molecular complexity index is 2530. The zero-order valence-electron chi connectivity index (χ0n) is 36.0. The van der Waals surface area contributed by atoms with Crippen LogP contribution in [-0.4, -0.2) is 49.1 Å². The maximum absolute atomic E-state index is 14.4. The lowest BCUT2D eigenvalue weighted by molar-refractivity contribution is -0.122. The molecular weight excluding hydrogens is 836 g/mol. The summed E-state index contributed by atoms with van der Waals surface area (Å²) in [6, 6.07) is 26.6. The van der Waals surface area contributed by atoms with Gasteiger partial charge < -0.3 is 14.5 Å². The van der Waals surface area contributed by atoms with E-state index in [2.05, 4.69) is 23.3 Å². The van der Waals surface area contributed by atoms with E-state index in [0.29, 0.717) is 41.6 Å². The Morgan fingerprint density at radius 1 is 0.905 bits per heavy atom. The lowest BCUT2D eigenvalue weighted by atomic mass is 10.0. The first-order valence-electron chi connectivity index (χ1n) is 22.0. The monoisotopic (exact) mass is 890 g/mol. The van der Waals surface area contributed by atoms with Gasteiger partial charge >= 0.3 is 6.09 Å². The van der Waals surface area contributed by atoms with Gasteiger partial charge in [0.1, 0.15) is 17.2 Å². The van der Waals surface area contributed by atoms with E-state index in [9.17, 15) is 28.1 Å². The van der Waals surface area contributed by atoms with Crippen molar-refractivity contribution in [2.75, 3.05) is 16.0 Å². The van der Waals surface area contributed by atoms with Gasteiger partial charge in [-0.05, 0) is 85.9 Å². The number of nitriles is 1. The first-order valence-corrected chi connectivity index (χ1v) is 24.0. The molecule has 0 radical (unpaired) electrons. The van der Waals surface area contributed by atoms with Crippen LogP contribution in [0.5, 0.6) is 0 Å². The Hall–Kier alpha value is -5.77. The van der Waals surface area contributed by atoms with Gasteiger partial charge in [0, 0.05) is 17.3 Å². The second-order valence-electron chi connectivity index (χ2n) is 16.1. The molecule has 1 aromatic heterocycles. The van der Waals surface area contributed by atoms with E-state index in [1.54, 1.807) is 54.6 Å². The van der Waals surface area contributed by atoms with E-state index in [1.807, 2.05) is 19.1 Å². The van der Waals surface area contributed by atoms with Crippen molar-refractivity contribution in [2.24, 2.45) is 0 Å². The largest absolute Gasteiger partial charge is 0.435 e. The van der Waals surface area contributed by atoms with Gasteiger partial charge in [0.25, 0.3) is 5.91 Å². The topological polar surface area (TPSA) is 160 Å². The van der Waals surface area contributed by atoms with Gasteiger partial charge in [-0.2, -0.15) is 5.26 Å². The number of ether oxygens (including phenoxy) is 1. The van der Waals surface area contributed by atoms with Gasteiger partial charge in [-0.25, -0.2) is 18.2 Å². The molecular formula is C50H55ClN4O7S. The molecule has 0 bridgehead atoms. The van der Waals surface area contributed by atoms with Gasteiger partial charge in [0.05, 0.1) is 21.4 Å². The number of benzene rings is 4. The molecule has 330 valence electrons. The number of unbranched alkanes of at least 4 members (excludes halogenated alkanes) is 9. The minimum absolute atomic E-state index is 0.0214. The van der Waals surface area contributed by atoms with Crippen LogP contribution in [0.2, 0.25) is 5.02 Å². The molecule has 1 aliphatic rings. The predicted octanol–water partition coefficient (Wildman–Crippen LogP) is 12.3. The Kier molecular flexibility index (Phi) is 16.7. The maximum Gasteiger partial charge on any atom is 0.415 e. The lowest BCUT2D eigenvalue weighted by Crippen LogP contribution is -2.46. The average molecular weight is 892 g/mol. The van der Waals surface area contributed by atoms with E-state index in [0.717, 1.165) is 44.1 Å². The van der Waals surface area contributed by atoms with Crippen LogP contribution < -0.4 is 10.2 Å². The van der Waals surface area contributed by atoms with Crippen molar-refractivity contribution in [3.8, 4) is 6.07 Å². The van der Waals surface area contributed by atoms with Crippen LogP contribution in [0, 0.1) is 18.3 Å². The second kappa shape index (κ2) is 22.5. The summed E-state index contributed by atoms with van der Waals surface area (Å²) >= 11 is 6.58. The number of Topliss-reactive ketones (excluding diaryl/α,β-unsaturated/α-hetero) is 1. The highest BCUT2D eigenvalue weighted by Gasteiger charge is 2.37. The molecule has 1 saturated carbocycles. The van der Waals surface area contributed by atoms with Crippen molar-refractivity contribution in [1.29, 1.82) is 5.26 Å². The number of sulfone groups is 1. The molecule has 11 nitrogen and oxygen atoms in total. The fraction of sp³-hybridized carbons (Fsp3) is 0.380. The highest BCUT2D eigenvalue weighted by molar-refractivity contribution is 7.91. The number of rotatable bonds is 21. The molecule has 1 fully saturated rings. The second-order valence-corrected chi connectivity index (χ2v) is 18.6. The molecule has 4 aromatic carbocycles. The number of oxazole rings is 1. The number of ketones is 1. The van der Waals surface area contributed by atoms with Crippen LogP contribution in [-0.2, 0) is 19.4 Å². The fourth-order valence-electron chi connectivity index (χ4n) is 7.91. The highest BCUT2D eigenvalue weighted by atomic mass is 35.5. The van der Waals surface area contributed by atoms with E-state index >= 15 is 0 Å². The molecule has 13 heteroatoms. The third-order valence-corrected chi connectivity index (χ3v) is 13.6. The number of aromatic nitrogens is 1. The molecule has 6 rings (SSSR count). The molecule has 1 atom stereocenters. The number of anilines is 2. The number of carbonyl (C=O) groups excluding carboxylic acids is 3. The first-order chi connectivity index (χ1) is 30.5. The lowest BCUT2D eigenvalue weighted by Gasteiger charge is -2.30. The number of hydrogen-bond acceptors (Lipinski definition) is 9. The van der Waals surface area contributed by atoms with E-state index in [1.165, 1.54) is 67.3 Å². The van der Waals surface area contributed by atoms with Crippen molar-refractivity contribution in [1.82, 2.24) is 4.98 Å². The number of aryl methyl sites for hydroxylation is 1. The van der Waals surface area contributed by atoms with Crippen LogP contribution in [0.15, 0.2) is 100 Å². The number of nitrogens with zero attached hydrogens (tertiary/aromatic N) is 3. The summed E-state index contributed by atoms with van der Waals surface area (Å²) < 4.78 is 38.2. The average Bonchev–Trinajstić information content (AvgIpc) is 3.98. The number of amides is 2. The zero-order valence-corrected chi connectivity index (χ0v) is 37.6. The minimum atomic E-state index is -3.64. The number of allylic oxidation sites excluding steroid dienone is 1. The molecule has 1 aliphatic carbocycles. The molecule has 0 aliphatic heterocycles. The smallest absolute Gasteiger partial charge is 0.415 e. The fourth-order valence-corrected chi connectivity index (χ4v) is 9.59. The predicted molar refractivity (Wildman–Crippen MR) is 248 cm³/mol. The summed E-state index contributed by atoms with van der Waals surface area (Å²) in [6.07, 6.45) is 12.8. The van der Waals surface area contributed by atoms with Crippen molar-refractivity contribution in [3.63, 3.8) is 0 Å². The number of fused-ring (bicyclic) bond motifs is 1. The highest BCUT2D eigenvalue weighted by Crippen LogP contribution is 2.33. The van der Waals surface area contributed by atoms with Crippen LogP contribution in [0.1, 0.15) is 124 Å². The van der Waals surface area contributed by atoms with Gasteiger partial charge in [-0.1, -0.05) is 138 Å². The van der Waals surface area contributed by atoms with Gasteiger partial charge in [0.15, 0.2) is 15.4 Å². The van der Waals surface area contributed by atoms with Crippen molar-refractivity contribution < 1.29 is 32.0 Å². The Morgan fingerprint density at radius 2 is 1.57 bits per heavy atom. The van der Waals surface area contributed by atoms with Gasteiger partial charge in [-0.3, -0.25) is 14.5 Å². The van der Waals surface area contributed by atoms with E-state index in [-0.39, 0.29) is 44.4 Å². The summed E-state index contributed by atoms with van der Waals surface area (Å²) in [5.41, 5.74) is 3.55. The minimum Gasteiger partial charge on any atom is -0.435 e. The van der Waals surface area contributed by atoms with Gasteiger partial charge in [0.2, 0.25) is 17.8 Å². The Balaban J connectivity index is 1.17. The number of carbonyl (C=O) groups is 3. The number of hydrogen-bond donors (Lipinski definition) is 1. The Morgan fingerprint density at radius 3 is 2.22 bits per heavy atom.